The van der Waals surface area contributed by atoms with Gasteiger partial charge >= 0.3 is 0 Å². The Morgan fingerprint density at radius 3 is 2.21 bits per heavy atom. The first kappa shape index (κ1) is 24.7. The fourth-order valence-corrected chi connectivity index (χ4v) is 7.49. The van der Waals surface area contributed by atoms with Gasteiger partial charge in [-0.05, 0) is 137 Å². The first-order valence-electron chi connectivity index (χ1n) is 13.8. The lowest BCUT2D eigenvalue weighted by Gasteiger charge is -2.45. The van der Waals surface area contributed by atoms with Crippen molar-refractivity contribution in [2.24, 2.45) is 29.6 Å². The standard InChI is InChI=1S/C31H44F2/c1-3-5-7-9-25-18-19-29(31(33)30(25)32)24-14-12-23(13-15-24)27-17-16-26-20-22(8-6-4-2)10-11-28(26)21-27/h3-5,18-19,22-24,26-28H,2,6-17,20-21H2,1H3/b5-3+. The van der Waals surface area contributed by atoms with Gasteiger partial charge in [-0.25, -0.2) is 8.78 Å². The molecule has 1 aromatic rings. The monoisotopic (exact) mass is 454 g/mol. The lowest BCUT2D eigenvalue weighted by atomic mass is 9.60. The van der Waals surface area contributed by atoms with Crippen LogP contribution in [0.4, 0.5) is 8.78 Å². The average Bonchev–Trinajstić information content (AvgIpc) is 2.85. The zero-order valence-corrected chi connectivity index (χ0v) is 20.7. The number of fused-ring (bicyclic) bond motifs is 1. The zero-order valence-electron chi connectivity index (χ0n) is 20.7. The van der Waals surface area contributed by atoms with Crippen LogP contribution < -0.4 is 0 Å². The van der Waals surface area contributed by atoms with E-state index in [2.05, 4.69) is 12.7 Å². The van der Waals surface area contributed by atoms with Crippen LogP contribution >= 0.6 is 0 Å². The van der Waals surface area contributed by atoms with Crippen LogP contribution in [0.15, 0.2) is 36.9 Å². The number of rotatable bonds is 8. The number of hydrogen-bond acceptors (Lipinski definition) is 0. The highest BCUT2D eigenvalue weighted by Gasteiger charge is 2.39. The number of halogens is 2. The minimum Gasteiger partial charge on any atom is -0.203 e. The van der Waals surface area contributed by atoms with Crippen LogP contribution in [0, 0.1) is 41.2 Å². The minimum absolute atomic E-state index is 0.192. The summed E-state index contributed by atoms with van der Waals surface area (Å²) in [5.74, 6) is 3.51. The highest BCUT2D eigenvalue weighted by Crippen LogP contribution is 2.50. The number of hydrogen-bond donors (Lipinski definition) is 0. The molecule has 4 atom stereocenters. The van der Waals surface area contributed by atoms with Gasteiger partial charge in [0, 0.05) is 0 Å². The van der Waals surface area contributed by atoms with Crippen molar-refractivity contribution in [3.63, 3.8) is 0 Å². The van der Waals surface area contributed by atoms with Gasteiger partial charge < -0.3 is 0 Å². The van der Waals surface area contributed by atoms with Gasteiger partial charge in [-0.3, -0.25) is 0 Å². The maximum atomic E-state index is 14.9. The fraction of sp³-hybridized carbons (Fsp3) is 0.677. The lowest BCUT2D eigenvalue weighted by Crippen LogP contribution is -2.34. The molecular formula is C31H44F2. The van der Waals surface area contributed by atoms with Crippen molar-refractivity contribution in [3.05, 3.63) is 59.7 Å². The summed E-state index contributed by atoms with van der Waals surface area (Å²) in [4.78, 5) is 0. The molecule has 0 radical (unpaired) electrons. The van der Waals surface area contributed by atoms with Crippen LogP contribution in [0.25, 0.3) is 0 Å². The molecule has 0 heterocycles. The molecule has 0 bridgehead atoms. The fourth-order valence-electron chi connectivity index (χ4n) is 7.49. The number of allylic oxidation sites excluding steroid dienone is 3. The molecule has 1 aromatic carbocycles. The van der Waals surface area contributed by atoms with E-state index in [-0.39, 0.29) is 5.92 Å². The van der Waals surface area contributed by atoms with Gasteiger partial charge in [0.25, 0.3) is 0 Å². The topological polar surface area (TPSA) is 0 Å². The summed E-state index contributed by atoms with van der Waals surface area (Å²) < 4.78 is 29.6. The van der Waals surface area contributed by atoms with E-state index in [1.54, 1.807) is 0 Å². The van der Waals surface area contributed by atoms with Crippen molar-refractivity contribution in [1.82, 2.24) is 0 Å². The van der Waals surface area contributed by atoms with E-state index < -0.39 is 11.6 Å². The number of benzene rings is 1. The molecule has 182 valence electrons. The Hall–Kier alpha value is -1.44. The summed E-state index contributed by atoms with van der Waals surface area (Å²) in [6, 6.07) is 3.71. The SMILES string of the molecule is C=CCCC1CCC2CC(C3CCC(c4ccc(CC/C=C/C)c(F)c4F)CC3)CCC2C1. The Kier molecular flexibility index (Phi) is 8.83. The molecule has 3 saturated carbocycles. The second-order valence-electron chi connectivity index (χ2n) is 11.3. The van der Waals surface area contributed by atoms with Crippen molar-refractivity contribution in [3.8, 4) is 0 Å². The maximum Gasteiger partial charge on any atom is 0.162 e. The smallest absolute Gasteiger partial charge is 0.162 e. The third kappa shape index (κ3) is 5.98. The average molecular weight is 455 g/mol. The quantitative estimate of drug-likeness (QED) is 0.343. The highest BCUT2D eigenvalue weighted by atomic mass is 19.2. The molecule has 3 aliphatic rings. The van der Waals surface area contributed by atoms with Crippen molar-refractivity contribution in [1.29, 1.82) is 0 Å². The molecule has 0 spiro atoms. The van der Waals surface area contributed by atoms with Crippen molar-refractivity contribution in [2.75, 3.05) is 0 Å². The summed E-state index contributed by atoms with van der Waals surface area (Å²) >= 11 is 0. The van der Waals surface area contributed by atoms with Gasteiger partial charge in [-0.2, -0.15) is 0 Å². The molecular weight excluding hydrogens is 410 g/mol. The van der Waals surface area contributed by atoms with E-state index in [4.69, 9.17) is 0 Å². The molecule has 0 nitrogen and oxygen atoms in total. The summed E-state index contributed by atoms with van der Waals surface area (Å²) in [7, 11) is 0. The third-order valence-electron chi connectivity index (χ3n) is 9.43. The first-order valence-corrected chi connectivity index (χ1v) is 13.8. The summed E-state index contributed by atoms with van der Waals surface area (Å²) in [5, 5.41) is 0. The largest absolute Gasteiger partial charge is 0.203 e. The Morgan fingerprint density at radius 1 is 0.818 bits per heavy atom. The predicted octanol–water partition coefficient (Wildman–Crippen LogP) is 9.55. The predicted molar refractivity (Wildman–Crippen MR) is 135 cm³/mol. The van der Waals surface area contributed by atoms with Gasteiger partial charge in [0.05, 0.1) is 0 Å². The van der Waals surface area contributed by atoms with Gasteiger partial charge in [0.2, 0.25) is 0 Å². The van der Waals surface area contributed by atoms with Gasteiger partial charge in [-0.15, -0.1) is 6.58 Å². The summed E-state index contributed by atoms with van der Waals surface area (Å²) in [6.07, 6.45) is 22.9. The molecule has 2 heteroatoms. The zero-order chi connectivity index (χ0) is 23.2. The van der Waals surface area contributed by atoms with Crippen molar-refractivity contribution < 1.29 is 8.78 Å². The van der Waals surface area contributed by atoms with Crippen LogP contribution in [0.5, 0.6) is 0 Å². The highest BCUT2D eigenvalue weighted by molar-refractivity contribution is 5.29. The van der Waals surface area contributed by atoms with Crippen LogP contribution in [0.2, 0.25) is 0 Å². The van der Waals surface area contributed by atoms with Crippen LogP contribution in [-0.2, 0) is 6.42 Å². The minimum atomic E-state index is -0.610. The van der Waals surface area contributed by atoms with E-state index in [9.17, 15) is 8.78 Å². The number of aryl methyl sites for hydroxylation is 1. The normalized spacial score (nSPS) is 32.6. The summed E-state index contributed by atoms with van der Waals surface area (Å²) in [6.45, 7) is 5.85. The third-order valence-corrected chi connectivity index (χ3v) is 9.43. The molecule has 3 aliphatic carbocycles. The van der Waals surface area contributed by atoms with E-state index in [0.717, 1.165) is 48.9 Å². The van der Waals surface area contributed by atoms with E-state index in [0.29, 0.717) is 17.5 Å². The Bertz CT molecular complexity index is 801. The molecule has 33 heavy (non-hydrogen) atoms. The van der Waals surface area contributed by atoms with Gasteiger partial charge in [0.1, 0.15) is 0 Å². The molecule has 3 fully saturated rings. The Balaban J connectivity index is 1.28. The van der Waals surface area contributed by atoms with Crippen molar-refractivity contribution >= 4 is 0 Å². The molecule has 4 unspecified atom stereocenters. The molecule has 0 amide bonds. The molecule has 0 saturated heterocycles. The van der Waals surface area contributed by atoms with E-state index >= 15 is 0 Å². The Morgan fingerprint density at radius 2 is 1.48 bits per heavy atom. The van der Waals surface area contributed by atoms with Crippen LogP contribution in [-0.4, -0.2) is 0 Å². The Labute approximate surface area is 200 Å². The second kappa shape index (κ2) is 11.8. The molecule has 0 aromatic heterocycles. The second-order valence-corrected chi connectivity index (χ2v) is 11.3. The summed E-state index contributed by atoms with van der Waals surface area (Å²) in [5.41, 5.74) is 1.14. The van der Waals surface area contributed by atoms with Gasteiger partial charge in [-0.1, -0.05) is 36.8 Å². The van der Waals surface area contributed by atoms with Crippen LogP contribution in [0.3, 0.4) is 0 Å². The van der Waals surface area contributed by atoms with Crippen LogP contribution in [0.1, 0.15) is 107 Å². The molecule has 4 rings (SSSR count). The maximum absolute atomic E-state index is 14.9. The van der Waals surface area contributed by atoms with E-state index in [1.807, 2.05) is 31.2 Å². The van der Waals surface area contributed by atoms with Crippen molar-refractivity contribution in [2.45, 2.75) is 103 Å². The lowest BCUT2D eigenvalue weighted by molar-refractivity contribution is 0.0620. The molecule has 0 N–H and O–H groups in total. The molecule has 0 aliphatic heterocycles. The van der Waals surface area contributed by atoms with E-state index in [1.165, 1.54) is 64.2 Å². The first-order chi connectivity index (χ1) is 16.1. The van der Waals surface area contributed by atoms with Gasteiger partial charge in [0.15, 0.2) is 11.6 Å².